The molecule has 6 nitrogen and oxygen atoms in total. The van der Waals surface area contributed by atoms with E-state index in [1.807, 2.05) is 77.6 Å². The van der Waals surface area contributed by atoms with E-state index in [2.05, 4.69) is 10.00 Å². The number of anilines is 1. The van der Waals surface area contributed by atoms with Crippen LogP contribution in [0.2, 0.25) is 0 Å². The van der Waals surface area contributed by atoms with Gasteiger partial charge in [0.15, 0.2) is 5.78 Å². The lowest BCUT2D eigenvalue weighted by Gasteiger charge is -2.31. The van der Waals surface area contributed by atoms with Gasteiger partial charge in [-0.15, -0.1) is 0 Å². The summed E-state index contributed by atoms with van der Waals surface area (Å²) in [7, 11) is 0. The molecule has 4 aromatic rings. The second-order valence-corrected chi connectivity index (χ2v) is 10.4. The minimum Gasteiger partial charge on any atom is -0.393 e. The predicted molar refractivity (Wildman–Crippen MR) is 144 cm³/mol. The van der Waals surface area contributed by atoms with Crippen LogP contribution < -0.4 is 4.90 Å². The number of benzene rings is 3. The predicted octanol–water partition coefficient (Wildman–Crippen LogP) is 4.93. The van der Waals surface area contributed by atoms with E-state index in [-0.39, 0.29) is 17.8 Å². The SMILES string of the molecule is O=C(Cc1ccc2c(cnn2-c2ccc(CC(=O)C3CC3)cc2)c1)c1ccc(N2CCC(O)CC2)cc1. The van der Waals surface area contributed by atoms with E-state index in [0.29, 0.717) is 24.2 Å². The van der Waals surface area contributed by atoms with Gasteiger partial charge < -0.3 is 10.0 Å². The molecule has 0 amide bonds. The largest absolute Gasteiger partial charge is 0.393 e. The molecule has 0 unspecified atom stereocenters. The van der Waals surface area contributed by atoms with Crippen LogP contribution in [0.5, 0.6) is 0 Å². The first-order valence-corrected chi connectivity index (χ1v) is 13.2. The van der Waals surface area contributed by atoms with Crippen molar-refractivity contribution >= 4 is 28.2 Å². The second-order valence-electron chi connectivity index (χ2n) is 10.4. The number of rotatable bonds is 8. The zero-order valence-electron chi connectivity index (χ0n) is 20.8. The molecule has 37 heavy (non-hydrogen) atoms. The minimum absolute atomic E-state index is 0.0868. The molecule has 2 heterocycles. The first kappa shape index (κ1) is 23.6. The number of aromatic nitrogens is 2. The van der Waals surface area contributed by atoms with Gasteiger partial charge in [0.2, 0.25) is 0 Å². The van der Waals surface area contributed by atoms with Gasteiger partial charge in [-0.2, -0.15) is 5.10 Å². The number of hydrogen-bond donors (Lipinski definition) is 1. The third-order valence-corrected chi connectivity index (χ3v) is 7.61. The second kappa shape index (κ2) is 9.94. The van der Waals surface area contributed by atoms with Gasteiger partial charge in [-0.1, -0.05) is 18.2 Å². The summed E-state index contributed by atoms with van der Waals surface area (Å²) in [6.45, 7) is 1.68. The van der Waals surface area contributed by atoms with Gasteiger partial charge >= 0.3 is 0 Å². The molecule has 2 aliphatic rings. The van der Waals surface area contributed by atoms with E-state index in [1.54, 1.807) is 0 Å². The molecule has 1 saturated heterocycles. The summed E-state index contributed by atoms with van der Waals surface area (Å²) in [6.07, 6.45) is 6.13. The Morgan fingerprint density at radius 3 is 2.19 bits per heavy atom. The number of piperidine rings is 1. The summed E-state index contributed by atoms with van der Waals surface area (Å²) in [5.74, 6) is 0.715. The van der Waals surface area contributed by atoms with Crippen LogP contribution in [0.3, 0.4) is 0 Å². The molecule has 0 bridgehead atoms. The molecule has 188 valence electrons. The highest BCUT2D eigenvalue weighted by molar-refractivity contribution is 5.98. The van der Waals surface area contributed by atoms with Crippen LogP contribution in [0.15, 0.2) is 72.9 Å². The smallest absolute Gasteiger partial charge is 0.167 e. The average Bonchev–Trinajstić information content (AvgIpc) is 3.70. The first-order chi connectivity index (χ1) is 18.0. The number of aliphatic hydroxyl groups excluding tert-OH is 1. The van der Waals surface area contributed by atoms with Crippen molar-refractivity contribution in [2.24, 2.45) is 5.92 Å². The number of ketones is 2. The van der Waals surface area contributed by atoms with Crippen LogP contribution in [0.25, 0.3) is 16.6 Å². The van der Waals surface area contributed by atoms with Gasteiger partial charge in [0.25, 0.3) is 0 Å². The molecule has 3 aromatic carbocycles. The summed E-state index contributed by atoms with van der Waals surface area (Å²) in [5, 5.41) is 15.3. The Balaban J connectivity index is 1.12. The summed E-state index contributed by atoms with van der Waals surface area (Å²) < 4.78 is 1.89. The van der Waals surface area contributed by atoms with E-state index in [9.17, 15) is 14.7 Å². The lowest BCUT2D eigenvalue weighted by molar-refractivity contribution is -0.119. The van der Waals surface area contributed by atoms with Crippen LogP contribution in [0, 0.1) is 5.92 Å². The molecule has 6 rings (SSSR count). The fourth-order valence-electron chi connectivity index (χ4n) is 5.17. The van der Waals surface area contributed by atoms with E-state index >= 15 is 0 Å². The zero-order chi connectivity index (χ0) is 25.4. The number of Topliss-reactive ketones (excluding diaryl/α,β-unsaturated/α-hetero) is 2. The van der Waals surface area contributed by atoms with E-state index in [4.69, 9.17) is 0 Å². The molecule has 6 heteroatoms. The third-order valence-electron chi connectivity index (χ3n) is 7.61. The number of carbonyl (C=O) groups excluding carboxylic acids is 2. The fraction of sp³-hybridized carbons (Fsp3) is 0.323. The van der Waals surface area contributed by atoms with Crippen molar-refractivity contribution in [2.45, 2.75) is 44.6 Å². The molecule has 0 atom stereocenters. The maximum Gasteiger partial charge on any atom is 0.167 e. The lowest BCUT2D eigenvalue weighted by Crippen LogP contribution is -2.35. The lowest BCUT2D eigenvalue weighted by atomic mass is 10.0. The van der Waals surface area contributed by atoms with Crippen LogP contribution in [-0.2, 0) is 17.6 Å². The van der Waals surface area contributed by atoms with E-state index in [0.717, 1.165) is 72.2 Å². The molecule has 1 saturated carbocycles. The molecular formula is C31H31N3O3. The third kappa shape index (κ3) is 5.20. The van der Waals surface area contributed by atoms with Gasteiger partial charge in [-0.05, 0) is 85.3 Å². The van der Waals surface area contributed by atoms with Crippen molar-refractivity contribution in [3.05, 3.63) is 89.6 Å². The van der Waals surface area contributed by atoms with Crippen LogP contribution >= 0.6 is 0 Å². The Morgan fingerprint density at radius 1 is 0.811 bits per heavy atom. The number of nitrogens with zero attached hydrogens (tertiary/aromatic N) is 3. The molecular weight excluding hydrogens is 462 g/mol. The van der Waals surface area contributed by atoms with Crippen molar-refractivity contribution < 1.29 is 14.7 Å². The van der Waals surface area contributed by atoms with Crippen molar-refractivity contribution in [1.82, 2.24) is 9.78 Å². The van der Waals surface area contributed by atoms with E-state index in [1.165, 1.54) is 0 Å². The highest BCUT2D eigenvalue weighted by atomic mass is 16.3. The Bertz CT molecular complexity index is 1430. The maximum atomic E-state index is 13.0. The Hall–Kier alpha value is -3.77. The summed E-state index contributed by atoms with van der Waals surface area (Å²) in [6, 6.07) is 21.9. The summed E-state index contributed by atoms with van der Waals surface area (Å²) in [4.78, 5) is 27.3. The highest BCUT2D eigenvalue weighted by Gasteiger charge is 2.29. The van der Waals surface area contributed by atoms with Crippen molar-refractivity contribution in [3.8, 4) is 5.69 Å². The highest BCUT2D eigenvalue weighted by Crippen LogP contribution is 2.31. The molecule has 0 radical (unpaired) electrons. The van der Waals surface area contributed by atoms with Gasteiger partial charge in [-0.3, -0.25) is 9.59 Å². The number of aliphatic hydroxyl groups is 1. The number of fused-ring (bicyclic) bond motifs is 1. The van der Waals surface area contributed by atoms with Crippen molar-refractivity contribution in [2.75, 3.05) is 18.0 Å². The summed E-state index contributed by atoms with van der Waals surface area (Å²) in [5.41, 5.74) is 5.73. The number of hydrogen-bond acceptors (Lipinski definition) is 5. The topological polar surface area (TPSA) is 75.4 Å². The monoisotopic (exact) mass is 493 g/mol. The Labute approximate surface area is 216 Å². The number of carbonyl (C=O) groups is 2. The molecule has 2 fully saturated rings. The molecule has 1 N–H and O–H groups in total. The average molecular weight is 494 g/mol. The van der Waals surface area contributed by atoms with Crippen molar-refractivity contribution in [1.29, 1.82) is 0 Å². The van der Waals surface area contributed by atoms with Gasteiger partial charge in [0.05, 0.1) is 23.5 Å². The van der Waals surface area contributed by atoms with Crippen LogP contribution in [0.4, 0.5) is 5.69 Å². The minimum atomic E-state index is -0.198. The maximum absolute atomic E-state index is 13.0. The molecule has 1 aromatic heterocycles. The quantitative estimate of drug-likeness (QED) is 0.352. The van der Waals surface area contributed by atoms with Crippen molar-refractivity contribution in [3.63, 3.8) is 0 Å². The van der Waals surface area contributed by atoms with Crippen LogP contribution in [0.1, 0.15) is 47.2 Å². The normalized spacial score (nSPS) is 16.3. The molecule has 1 aliphatic heterocycles. The Morgan fingerprint density at radius 2 is 1.49 bits per heavy atom. The van der Waals surface area contributed by atoms with Gasteiger partial charge in [0.1, 0.15) is 5.78 Å². The van der Waals surface area contributed by atoms with Gasteiger partial charge in [0, 0.05) is 48.5 Å². The first-order valence-electron chi connectivity index (χ1n) is 13.2. The standard InChI is InChI=1S/C31H31N3O3/c35-28-13-15-33(16-14-28)26-10-6-24(7-11-26)31(37)19-22-3-12-29-25(17-22)20-32-34(29)27-8-1-21(2-9-27)18-30(36)23-4-5-23/h1-3,6-12,17,20,23,28,35H,4-5,13-16,18-19H2. The molecule has 0 spiro atoms. The zero-order valence-corrected chi connectivity index (χ0v) is 20.8. The van der Waals surface area contributed by atoms with Crippen LogP contribution in [-0.4, -0.2) is 45.6 Å². The Kier molecular flexibility index (Phi) is 6.35. The molecule has 1 aliphatic carbocycles. The van der Waals surface area contributed by atoms with Gasteiger partial charge in [-0.25, -0.2) is 4.68 Å². The fourth-order valence-corrected chi connectivity index (χ4v) is 5.17. The van der Waals surface area contributed by atoms with E-state index < -0.39 is 0 Å². The summed E-state index contributed by atoms with van der Waals surface area (Å²) >= 11 is 0.